The van der Waals surface area contributed by atoms with Gasteiger partial charge in [0.05, 0.1) is 0 Å². The molecule has 1 aromatic heterocycles. The van der Waals surface area contributed by atoms with Crippen molar-refractivity contribution in [3.63, 3.8) is 0 Å². The van der Waals surface area contributed by atoms with Crippen LogP contribution in [0, 0.1) is 0 Å². The molecular weight excluding hydrogens is 250 g/mol. The fourth-order valence-electron chi connectivity index (χ4n) is 2.51. The van der Waals surface area contributed by atoms with Gasteiger partial charge in [0.25, 0.3) is 0 Å². The third-order valence-corrected chi connectivity index (χ3v) is 4.30. The lowest BCUT2D eigenvalue weighted by Gasteiger charge is -2.12. The Morgan fingerprint density at radius 1 is 0.895 bits per heavy atom. The van der Waals surface area contributed by atoms with Gasteiger partial charge in [0.1, 0.15) is 0 Å². The van der Waals surface area contributed by atoms with E-state index in [0.29, 0.717) is 0 Å². The van der Waals surface area contributed by atoms with Gasteiger partial charge in [0.15, 0.2) is 0 Å². The van der Waals surface area contributed by atoms with Crippen LogP contribution in [-0.4, -0.2) is 6.04 Å². The van der Waals surface area contributed by atoms with Crippen molar-refractivity contribution >= 4 is 22.1 Å². The second kappa shape index (κ2) is 5.55. The van der Waals surface area contributed by atoms with Gasteiger partial charge in [-0.25, -0.2) is 0 Å². The van der Waals surface area contributed by atoms with Crippen LogP contribution in [0.1, 0.15) is 10.4 Å². The molecule has 1 atom stereocenters. The molecular formula is C17H17NS. The summed E-state index contributed by atoms with van der Waals surface area (Å²) in [6, 6.07) is 19.4. The Bertz CT molecular complexity index is 653. The number of hydrogen-bond acceptors (Lipinski definition) is 2. The second-order valence-electron chi connectivity index (χ2n) is 4.89. The fraction of sp³-hybridized carbons (Fsp3) is 0.176. The summed E-state index contributed by atoms with van der Waals surface area (Å²) in [7, 11) is 0. The van der Waals surface area contributed by atoms with Crippen molar-refractivity contribution in [1.29, 1.82) is 0 Å². The molecule has 0 saturated heterocycles. The van der Waals surface area contributed by atoms with Gasteiger partial charge in [-0.3, -0.25) is 0 Å². The molecule has 0 aliphatic heterocycles. The lowest BCUT2D eigenvalue weighted by molar-refractivity contribution is 0.673. The number of thiophene rings is 1. The van der Waals surface area contributed by atoms with E-state index >= 15 is 0 Å². The molecule has 0 spiro atoms. The van der Waals surface area contributed by atoms with Crippen LogP contribution >= 0.6 is 11.3 Å². The summed E-state index contributed by atoms with van der Waals surface area (Å²) in [5.41, 5.74) is 7.64. The van der Waals surface area contributed by atoms with E-state index in [0.717, 1.165) is 12.8 Å². The maximum absolute atomic E-state index is 6.29. The number of benzene rings is 2. The zero-order valence-electron chi connectivity index (χ0n) is 10.8. The van der Waals surface area contributed by atoms with Gasteiger partial charge in [-0.1, -0.05) is 48.5 Å². The Balaban J connectivity index is 1.81. The van der Waals surface area contributed by atoms with Gasteiger partial charge in [-0.2, -0.15) is 0 Å². The summed E-state index contributed by atoms with van der Waals surface area (Å²) < 4.78 is 0. The Kier molecular flexibility index (Phi) is 3.62. The predicted octanol–water partition coefficient (Wildman–Crippen LogP) is 4.01. The Morgan fingerprint density at radius 3 is 2.58 bits per heavy atom. The molecule has 0 fully saturated rings. The van der Waals surface area contributed by atoms with E-state index in [9.17, 15) is 0 Å². The highest BCUT2D eigenvalue weighted by Gasteiger charge is 2.08. The van der Waals surface area contributed by atoms with E-state index in [1.165, 1.54) is 21.2 Å². The zero-order chi connectivity index (χ0) is 13.1. The average Bonchev–Trinajstić information content (AvgIpc) is 2.92. The molecule has 2 heteroatoms. The molecule has 3 aromatic rings. The van der Waals surface area contributed by atoms with Crippen molar-refractivity contribution in [2.45, 2.75) is 18.9 Å². The van der Waals surface area contributed by atoms with Crippen LogP contribution in [0.4, 0.5) is 0 Å². The molecule has 0 aliphatic rings. The first-order valence-electron chi connectivity index (χ1n) is 6.57. The van der Waals surface area contributed by atoms with Crippen LogP contribution in [0.5, 0.6) is 0 Å². The standard InChI is InChI=1S/C17H17NS/c18-15(12-16-8-4-10-19-16)11-14-7-3-6-13-5-1-2-9-17(13)14/h1-10,15H,11-12,18H2. The molecule has 0 amide bonds. The number of hydrogen-bond donors (Lipinski definition) is 1. The molecule has 0 aliphatic carbocycles. The van der Waals surface area contributed by atoms with Gasteiger partial charge in [0.2, 0.25) is 0 Å². The second-order valence-corrected chi connectivity index (χ2v) is 5.92. The summed E-state index contributed by atoms with van der Waals surface area (Å²) >= 11 is 1.79. The van der Waals surface area contributed by atoms with Crippen LogP contribution < -0.4 is 5.73 Å². The summed E-state index contributed by atoms with van der Waals surface area (Å²) in [4.78, 5) is 1.37. The molecule has 19 heavy (non-hydrogen) atoms. The van der Waals surface area contributed by atoms with Gasteiger partial charge in [0, 0.05) is 10.9 Å². The van der Waals surface area contributed by atoms with Crippen molar-refractivity contribution in [1.82, 2.24) is 0 Å². The van der Waals surface area contributed by atoms with Crippen LogP contribution in [-0.2, 0) is 12.8 Å². The fourth-order valence-corrected chi connectivity index (χ4v) is 3.31. The first-order chi connectivity index (χ1) is 9.33. The maximum atomic E-state index is 6.29. The van der Waals surface area contributed by atoms with E-state index in [4.69, 9.17) is 5.73 Å². The monoisotopic (exact) mass is 267 g/mol. The van der Waals surface area contributed by atoms with Crippen molar-refractivity contribution < 1.29 is 0 Å². The number of fused-ring (bicyclic) bond motifs is 1. The Hall–Kier alpha value is -1.64. The largest absolute Gasteiger partial charge is 0.327 e. The van der Waals surface area contributed by atoms with Gasteiger partial charge in [-0.15, -0.1) is 11.3 Å². The van der Waals surface area contributed by atoms with E-state index in [2.05, 4.69) is 60.0 Å². The summed E-state index contributed by atoms with van der Waals surface area (Å²) in [5.74, 6) is 0. The molecule has 0 radical (unpaired) electrons. The number of nitrogens with two attached hydrogens (primary N) is 1. The van der Waals surface area contributed by atoms with Crippen LogP contribution in [0.15, 0.2) is 60.0 Å². The first kappa shape index (κ1) is 12.4. The predicted molar refractivity (Wildman–Crippen MR) is 83.7 cm³/mol. The zero-order valence-corrected chi connectivity index (χ0v) is 11.6. The van der Waals surface area contributed by atoms with Crippen LogP contribution in [0.2, 0.25) is 0 Å². The highest BCUT2D eigenvalue weighted by atomic mass is 32.1. The van der Waals surface area contributed by atoms with Crippen molar-refractivity contribution in [2.75, 3.05) is 0 Å². The first-order valence-corrected chi connectivity index (χ1v) is 7.45. The quantitative estimate of drug-likeness (QED) is 0.759. The van der Waals surface area contributed by atoms with Gasteiger partial charge >= 0.3 is 0 Å². The highest BCUT2D eigenvalue weighted by Crippen LogP contribution is 2.20. The normalized spacial score (nSPS) is 12.7. The molecule has 0 saturated carbocycles. The average molecular weight is 267 g/mol. The van der Waals surface area contributed by atoms with Crippen molar-refractivity contribution in [2.24, 2.45) is 5.73 Å². The van der Waals surface area contributed by atoms with E-state index < -0.39 is 0 Å². The van der Waals surface area contributed by atoms with Gasteiger partial charge in [-0.05, 0) is 40.6 Å². The minimum atomic E-state index is 0.185. The number of rotatable bonds is 4. The third-order valence-electron chi connectivity index (χ3n) is 3.41. The molecule has 1 unspecified atom stereocenters. The van der Waals surface area contributed by atoms with Gasteiger partial charge < -0.3 is 5.73 Å². The van der Waals surface area contributed by atoms with Crippen LogP contribution in [0.25, 0.3) is 10.8 Å². The van der Waals surface area contributed by atoms with E-state index in [1.54, 1.807) is 11.3 Å². The minimum Gasteiger partial charge on any atom is -0.327 e. The Morgan fingerprint density at radius 2 is 1.74 bits per heavy atom. The summed E-state index contributed by atoms with van der Waals surface area (Å²) in [5, 5.41) is 4.73. The van der Waals surface area contributed by atoms with E-state index in [-0.39, 0.29) is 6.04 Å². The summed E-state index contributed by atoms with van der Waals surface area (Å²) in [6.07, 6.45) is 1.89. The molecule has 3 rings (SSSR count). The minimum absolute atomic E-state index is 0.185. The molecule has 96 valence electrons. The highest BCUT2D eigenvalue weighted by molar-refractivity contribution is 7.09. The molecule has 2 N–H and O–H groups in total. The SMILES string of the molecule is NC(Cc1cccs1)Cc1cccc2ccccc12. The molecule has 2 aromatic carbocycles. The van der Waals surface area contributed by atoms with Crippen LogP contribution in [0.3, 0.4) is 0 Å². The van der Waals surface area contributed by atoms with E-state index in [1.807, 2.05) is 0 Å². The summed E-state index contributed by atoms with van der Waals surface area (Å²) in [6.45, 7) is 0. The topological polar surface area (TPSA) is 26.0 Å². The molecule has 0 bridgehead atoms. The van der Waals surface area contributed by atoms with Crippen molar-refractivity contribution in [3.8, 4) is 0 Å². The lowest BCUT2D eigenvalue weighted by atomic mass is 9.97. The maximum Gasteiger partial charge on any atom is 0.0128 e. The third kappa shape index (κ3) is 2.86. The Labute approximate surface area is 117 Å². The molecule has 1 heterocycles. The molecule has 1 nitrogen and oxygen atoms in total. The smallest absolute Gasteiger partial charge is 0.0128 e. The van der Waals surface area contributed by atoms with Crippen molar-refractivity contribution in [3.05, 3.63) is 70.4 Å². The lowest BCUT2D eigenvalue weighted by Crippen LogP contribution is -2.25.